The molecule has 6 nitrogen and oxygen atoms in total. The summed E-state index contributed by atoms with van der Waals surface area (Å²) >= 11 is 3.67. The number of nitrogens with one attached hydrogen (secondary N) is 1. The Hall–Kier alpha value is -1.64. The molecule has 0 aliphatic rings. The summed E-state index contributed by atoms with van der Waals surface area (Å²) in [6.45, 7) is 6.70. The molecular weight excluding hydrogens is 348 g/mol. The number of fused-ring (bicyclic) bond motifs is 1. The van der Waals surface area contributed by atoms with Crippen LogP contribution in [0.2, 0.25) is 0 Å². The molecule has 1 aromatic heterocycles. The third-order valence-corrected chi connectivity index (χ3v) is 5.00. The van der Waals surface area contributed by atoms with E-state index in [4.69, 9.17) is 19.8 Å². The van der Waals surface area contributed by atoms with E-state index in [1.54, 1.807) is 11.3 Å². The lowest BCUT2D eigenvalue weighted by atomic mass is 10.2. The Balaban J connectivity index is 0.000000413. The molecule has 2 rings (SSSR count). The van der Waals surface area contributed by atoms with Gasteiger partial charge in [-0.3, -0.25) is 0 Å². The highest BCUT2D eigenvalue weighted by Crippen LogP contribution is 2.29. The molecule has 0 aliphatic carbocycles. The van der Waals surface area contributed by atoms with Crippen molar-refractivity contribution in [3.63, 3.8) is 0 Å². The predicted octanol–water partition coefficient (Wildman–Crippen LogP) is 3.18. The molecule has 0 saturated carbocycles. The van der Waals surface area contributed by atoms with Gasteiger partial charge in [0.15, 0.2) is 4.34 Å². The zero-order valence-corrected chi connectivity index (χ0v) is 15.3. The summed E-state index contributed by atoms with van der Waals surface area (Å²) in [7, 11) is 0. The number of carbonyl (C=O) groups is 2. The van der Waals surface area contributed by atoms with Gasteiger partial charge in [-0.2, -0.15) is 0 Å². The molecule has 0 radical (unpaired) electrons. The third-order valence-electron chi connectivity index (χ3n) is 2.73. The summed E-state index contributed by atoms with van der Waals surface area (Å²) in [6, 6.07) is 8.35. The molecule has 3 N–H and O–H groups in total. The largest absolute Gasteiger partial charge is 0.473 e. The molecule has 0 saturated heterocycles. The highest BCUT2D eigenvalue weighted by Gasteiger charge is 2.04. The Kier molecular flexibility index (Phi) is 9.36. The van der Waals surface area contributed by atoms with Crippen molar-refractivity contribution in [2.45, 2.75) is 24.6 Å². The smallest absolute Gasteiger partial charge is 0.414 e. The monoisotopic (exact) mass is 370 g/mol. The van der Waals surface area contributed by atoms with Crippen LogP contribution >= 0.6 is 23.1 Å². The Bertz CT molecular complexity index is 613. The Morgan fingerprint density at radius 3 is 2.50 bits per heavy atom. The van der Waals surface area contributed by atoms with E-state index < -0.39 is 11.9 Å². The van der Waals surface area contributed by atoms with Crippen LogP contribution in [0.15, 0.2) is 28.6 Å². The summed E-state index contributed by atoms with van der Waals surface area (Å²) in [4.78, 5) is 22.8. The fourth-order valence-corrected chi connectivity index (χ4v) is 3.74. The Labute approximate surface area is 149 Å². The van der Waals surface area contributed by atoms with Gasteiger partial charge in [0, 0.05) is 5.75 Å². The maximum absolute atomic E-state index is 9.10. The molecule has 0 fully saturated rings. The van der Waals surface area contributed by atoms with Gasteiger partial charge in [0.2, 0.25) is 0 Å². The summed E-state index contributed by atoms with van der Waals surface area (Å²) < 4.78 is 2.48. The van der Waals surface area contributed by atoms with Crippen molar-refractivity contribution in [2.24, 2.45) is 5.92 Å². The predicted molar refractivity (Wildman–Crippen MR) is 97.9 cm³/mol. The van der Waals surface area contributed by atoms with Gasteiger partial charge in [-0.15, -0.1) is 11.3 Å². The molecular formula is C16H22N2O4S2. The van der Waals surface area contributed by atoms with Crippen LogP contribution in [0.5, 0.6) is 0 Å². The van der Waals surface area contributed by atoms with Crippen LogP contribution in [0.25, 0.3) is 10.2 Å². The van der Waals surface area contributed by atoms with Gasteiger partial charge in [0.05, 0.1) is 10.2 Å². The molecule has 1 heterocycles. The van der Waals surface area contributed by atoms with Gasteiger partial charge in [-0.05, 0) is 37.6 Å². The quantitative estimate of drug-likeness (QED) is 0.391. The fourth-order valence-electron chi connectivity index (χ4n) is 1.66. The zero-order valence-electron chi connectivity index (χ0n) is 13.7. The van der Waals surface area contributed by atoms with Gasteiger partial charge < -0.3 is 15.5 Å². The summed E-state index contributed by atoms with van der Waals surface area (Å²) in [5, 5.41) is 18.2. The summed E-state index contributed by atoms with van der Waals surface area (Å²) in [6.07, 6.45) is 1.20. The number of benzene rings is 1. The number of thiazole rings is 1. The highest BCUT2D eigenvalue weighted by atomic mass is 32.2. The molecule has 132 valence electrons. The van der Waals surface area contributed by atoms with Gasteiger partial charge >= 0.3 is 11.9 Å². The molecule has 24 heavy (non-hydrogen) atoms. The van der Waals surface area contributed by atoms with Crippen LogP contribution in [0.4, 0.5) is 0 Å². The van der Waals surface area contributed by atoms with E-state index in [1.807, 2.05) is 17.8 Å². The Morgan fingerprint density at radius 2 is 1.92 bits per heavy atom. The van der Waals surface area contributed by atoms with Crippen LogP contribution in [0, 0.1) is 5.92 Å². The number of thioether (sulfide) groups is 1. The van der Waals surface area contributed by atoms with Crippen molar-refractivity contribution in [2.75, 3.05) is 18.8 Å². The number of hydrogen-bond donors (Lipinski definition) is 3. The lowest BCUT2D eigenvalue weighted by Crippen LogP contribution is -2.21. The minimum Gasteiger partial charge on any atom is -0.473 e. The first kappa shape index (κ1) is 20.4. The van der Waals surface area contributed by atoms with Crippen molar-refractivity contribution in [3.8, 4) is 0 Å². The van der Waals surface area contributed by atoms with Crippen molar-refractivity contribution in [1.82, 2.24) is 10.3 Å². The first-order valence-corrected chi connectivity index (χ1v) is 9.35. The molecule has 0 amide bonds. The first-order valence-electron chi connectivity index (χ1n) is 7.55. The third kappa shape index (κ3) is 8.28. The van der Waals surface area contributed by atoms with E-state index in [2.05, 4.69) is 42.3 Å². The van der Waals surface area contributed by atoms with Gasteiger partial charge in [0.1, 0.15) is 0 Å². The number of nitrogens with zero attached hydrogens (tertiary/aromatic N) is 1. The molecule has 0 unspecified atom stereocenters. The van der Waals surface area contributed by atoms with Crippen LogP contribution in [-0.4, -0.2) is 46.0 Å². The number of carboxylic acid groups (broad SMARTS) is 2. The number of rotatable bonds is 7. The van der Waals surface area contributed by atoms with Gasteiger partial charge in [-0.25, -0.2) is 14.6 Å². The second-order valence-corrected chi connectivity index (χ2v) is 7.73. The maximum Gasteiger partial charge on any atom is 0.414 e. The molecule has 0 aliphatic heterocycles. The van der Waals surface area contributed by atoms with E-state index in [0.717, 1.165) is 30.3 Å². The first-order chi connectivity index (χ1) is 11.4. The fraction of sp³-hybridized carbons (Fsp3) is 0.438. The summed E-state index contributed by atoms with van der Waals surface area (Å²) in [5.74, 6) is -1.77. The minimum absolute atomic E-state index is 0.738. The average Bonchev–Trinajstić information content (AvgIpc) is 2.93. The van der Waals surface area contributed by atoms with Crippen LogP contribution in [-0.2, 0) is 9.59 Å². The van der Waals surface area contributed by atoms with Crippen LogP contribution in [0.1, 0.15) is 20.3 Å². The second kappa shape index (κ2) is 11.0. The number of para-hydroxylation sites is 1. The molecule has 8 heteroatoms. The average molecular weight is 370 g/mol. The molecule has 1 aromatic carbocycles. The van der Waals surface area contributed by atoms with E-state index >= 15 is 0 Å². The molecule has 2 aromatic rings. The van der Waals surface area contributed by atoms with Crippen molar-refractivity contribution in [3.05, 3.63) is 24.3 Å². The van der Waals surface area contributed by atoms with E-state index in [9.17, 15) is 0 Å². The van der Waals surface area contributed by atoms with Gasteiger partial charge in [-0.1, -0.05) is 37.7 Å². The number of carboxylic acids is 2. The van der Waals surface area contributed by atoms with Gasteiger partial charge in [0.25, 0.3) is 0 Å². The number of hydrogen-bond acceptors (Lipinski definition) is 6. The van der Waals surface area contributed by atoms with Crippen molar-refractivity contribution in [1.29, 1.82) is 0 Å². The molecule has 0 spiro atoms. The normalized spacial score (nSPS) is 10.5. The topological polar surface area (TPSA) is 99.5 Å². The van der Waals surface area contributed by atoms with Crippen molar-refractivity contribution < 1.29 is 19.8 Å². The van der Waals surface area contributed by atoms with Crippen LogP contribution < -0.4 is 5.32 Å². The standard InChI is InChI=1S/C14H20N2S2.C2H2O4/c1-11(2)10-15-8-5-9-17-14-16-12-6-3-4-7-13(12)18-14;3-1(4)2(5)6/h3-4,6-7,11,15H,5,8-10H2,1-2H3;(H,3,4)(H,5,6). The molecule has 0 atom stereocenters. The lowest BCUT2D eigenvalue weighted by molar-refractivity contribution is -0.159. The number of aliphatic carboxylic acids is 2. The lowest BCUT2D eigenvalue weighted by Gasteiger charge is -2.06. The van der Waals surface area contributed by atoms with Crippen molar-refractivity contribution >= 4 is 45.3 Å². The van der Waals surface area contributed by atoms with E-state index in [-0.39, 0.29) is 0 Å². The SMILES string of the molecule is CC(C)CNCCCSc1nc2ccccc2s1.O=C(O)C(=O)O. The molecule has 0 bridgehead atoms. The number of aromatic nitrogens is 1. The Morgan fingerprint density at radius 1 is 1.25 bits per heavy atom. The van der Waals surface area contributed by atoms with E-state index in [1.165, 1.54) is 15.5 Å². The maximum atomic E-state index is 9.10. The zero-order chi connectivity index (χ0) is 17.9. The summed E-state index contributed by atoms with van der Waals surface area (Å²) in [5.41, 5.74) is 1.13. The highest BCUT2D eigenvalue weighted by molar-refractivity contribution is 8.01. The minimum atomic E-state index is -1.82. The second-order valence-electron chi connectivity index (χ2n) is 5.36. The van der Waals surface area contributed by atoms with Crippen LogP contribution in [0.3, 0.4) is 0 Å². The van der Waals surface area contributed by atoms with E-state index in [0.29, 0.717) is 0 Å².